The number of thioether (sulfide) groups is 1. The van der Waals surface area contributed by atoms with E-state index in [1.165, 1.54) is 4.88 Å². The average molecular weight is 258 g/mol. The molecule has 16 heavy (non-hydrogen) atoms. The van der Waals surface area contributed by atoms with Crippen molar-refractivity contribution in [1.82, 2.24) is 9.88 Å². The maximum Gasteiger partial charge on any atom is 0.0794 e. The molecule has 1 aliphatic heterocycles. The molecule has 1 aliphatic rings. The number of aliphatic hydroxyl groups is 1. The number of aromatic nitrogens is 1. The van der Waals surface area contributed by atoms with E-state index in [0.29, 0.717) is 0 Å². The van der Waals surface area contributed by atoms with E-state index in [9.17, 15) is 5.11 Å². The van der Waals surface area contributed by atoms with E-state index in [-0.39, 0.29) is 12.1 Å². The maximum atomic E-state index is 9.68. The van der Waals surface area contributed by atoms with Crippen LogP contribution >= 0.6 is 23.1 Å². The lowest BCUT2D eigenvalue weighted by Gasteiger charge is -2.43. The third-order valence-electron chi connectivity index (χ3n) is 3.40. The van der Waals surface area contributed by atoms with E-state index in [1.807, 2.05) is 23.5 Å². The van der Waals surface area contributed by atoms with E-state index < -0.39 is 0 Å². The van der Waals surface area contributed by atoms with Crippen molar-refractivity contribution in [2.75, 3.05) is 25.2 Å². The Morgan fingerprint density at radius 3 is 2.81 bits per heavy atom. The third kappa shape index (κ3) is 2.59. The molecular formula is C11H18N2OS2. The van der Waals surface area contributed by atoms with E-state index >= 15 is 0 Å². The number of likely N-dealkylation sites (N-methyl/N-ethyl adjacent to an activating group) is 1. The Labute approximate surface area is 105 Å². The van der Waals surface area contributed by atoms with Crippen LogP contribution < -0.4 is 0 Å². The fraction of sp³-hybridized carbons (Fsp3) is 0.727. The van der Waals surface area contributed by atoms with Crippen LogP contribution in [0.25, 0.3) is 0 Å². The maximum absolute atomic E-state index is 9.68. The molecule has 0 unspecified atom stereocenters. The molecule has 1 aromatic heterocycles. The molecule has 2 heterocycles. The lowest BCUT2D eigenvalue weighted by molar-refractivity contribution is 0.0367. The van der Waals surface area contributed by atoms with Crippen LogP contribution in [0.2, 0.25) is 0 Å². The number of aliphatic hydroxyl groups excluding tert-OH is 1. The van der Waals surface area contributed by atoms with Gasteiger partial charge in [-0.3, -0.25) is 9.88 Å². The van der Waals surface area contributed by atoms with Crippen LogP contribution in [-0.4, -0.2) is 45.7 Å². The van der Waals surface area contributed by atoms with Gasteiger partial charge in [-0.15, -0.1) is 11.3 Å². The zero-order valence-electron chi connectivity index (χ0n) is 9.56. The van der Waals surface area contributed by atoms with Crippen molar-refractivity contribution < 1.29 is 5.11 Å². The normalized spacial score (nSPS) is 20.2. The first kappa shape index (κ1) is 12.4. The molecule has 1 N–H and O–H groups in total. The highest BCUT2D eigenvalue weighted by Crippen LogP contribution is 2.32. The summed E-state index contributed by atoms with van der Waals surface area (Å²) in [6, 6.07) is 0. The van der Waals surface area contributed by atoms with Crippen molar-refractivity contribution in [3.63, 3.8) is 0 Å². The first-order valence-electron chi connectivity index (χ1n) is 5.54. The summed E-state index contributed by atoms with van der Waals surface area (Å²) in [6.07, 6.45) is 4.09. The largest absolute Gasteiger partial charge is 0.394 e. The summed E-state index contributed by atoms with van der Waals surface area (Å²) in [5.74, 6) is 2.32. The second-order valence-corrected chi connectivity index (χ2v) is 6.51. The van der Waals surface area contributed by atoms with Crippen molar-refractivity contribution in [1.29, 1.82) is 0 Å². The van der Waals surface area contributed by atoms with Crippen LogP contribution in [0.1, 0.15) is 17.7 Å². The Morgan fingerprint density at radius 1 is 1.50 bits per heavy atom. The van der Waals surface area contributed by atoms with Crippen molar-refractivity contribution >= 4 is 23.1 Å². The number of nitrogens with zero attached hydrogens (tertiary/aromatic N) is 2. The van der Waals surface area contributed by atoms with Gasteiger partial charge in [0.1, 0.15) is 0 Å². The molecule has 0 aromatic carbocycles. The van der Waals surface area contributed by atoms with Crippen molar-refractivity contribution in [2.45, 2.75) is 24.9 Å². The summed E-state index contributed by atoms with van der Waals surface area (Å²) in [5.41, 5.74) is 1.86. The Hall–Kier alpha value is -0.100. The number of rotatable bonds is 4. The monoisotopic (exact) mass is 258 g/mol. The van der Waals surface area contributed by atoms with Crippen molar-refractivity contribution in [3.8, 4) is 0 Å². The standard InChI is InChI=1S/C11H18N2OS2/c1-13(7-10-6-12-9-16-10)11(8-14)2-4-15-5-3-11/h6,9,14H,2-5,7-8H2,1H3. The number of thiazole rings is 1. The summed E-state index contributed by atoms with van der Waals surface area (Å²) in [5, 5.41) is 9.68. The zero-order valence-corrected chi connectivity index (χ0v) is 11.2. The predicted octanol–water partition coefficient (Wildman–Crippen LogP) is 1.83. The quantitative estimate of drug-likeness (QED) is 0.894. The van der Waals surface area contributed by atoms with Crippen molar-refractivity contribution in [3.05, 3.63) is 16.6 Å². The smallest absolute Gasteiger partial charge is 0.0794 e. The molecule has 5 heteroatoms. The van der Waals surface area contributed by atoms with Gasteiger partial charge in [0, 0.05) is 23.2 Å². The summed E-state index contributed by atoms with van der Waals surface area (Å²) in [4.78, 5) is 7.67. The summed E-state index contributed by atoms with van der Waals surface area (Å²) >= 11 is 3.68. The van der Waals surface area contributed by atoms with Gasteiger partial charge in [-0.2, -0.15) is 11.8 Å². The fourth-order valence-electron chi connectivity index (χ4n) is 2.13. The SMILES string of the molecule is CN(Cc1cncs1)C1(CO)CCSCC1. The van der Waals surface area contributed by atoms with Crippen LogP contribution in [0.15, 0.2) is 11.7 Å². The van der Waals surface area contributed by atoms with Crippen LogP contribution in [0.3, 0.4) is 0 Å². The van der Waals surface area contributed by atoms with Gasteiger partial charge in [0.25, 0.3) is 0 Å². The summed E-state index contributed by atoms with van der Waals surface area (Å²) < 4.78 is 0. The van der Waals surface area contributed by atoms with Crippen LogP contribution in [0.4, 0.5) is 0 Å². The van der Waals surface area contributed by atoms with Crippen molar-refractivity contribution in [2.24, 2.45) is 0 Å². The topological polar surface area (TPSA) is 36.4 Å². The molecule has 0 aliphatic carbocycles. The van der Waals surface area contributed by atoms with E-state index in [4.69, 9.17) is 0 Å². The molecule has 0 amide bonds. The van der Waals surface area contributed by atoms with Gasteiger partial charge >= 0.3 is 0 Å². The first-order chi connectivity index (χ1) is 7.77. The van der Waals surface area contributed by atoms with Gasteiger partial charge < -0.3 is 5.11 Å². The lowest BCUT2D eigenvalue weighted by atomic mass is 9.91. The van der Waals surface area contributed by atoms with Gasteiger partial charge in [-0.25, -0.2) is 0 Å². The number of hydrogen-bond donors (Lipinski definition) is 1. The highest BCUT2D eigenvalue weighted by atomic mass is 32.2. The zero-order chi connectivity index (χ0) is 11.4. The Morgan fingerprint density at radius 2 is 2.25 bits per heavy atom. The molecule has 2 rings (SSSR count). The average Bonchev–Trinajstić information content (AvgIpc) is 2.82. The number of hydrogen-bond acceptors (Lipinski definition) is 5. The molecule has 90 valence electrons. The second kappa shape index (κ2) is 5.49. The third-order valence-corrected chi connectivity index (χ3v) is 5.15. The molecule has 1 saturated heterocycles. The molecule has 0 bridgehead atoms. The van der Waals surface area contributed by atoms with Gasteiger partial charge in [0.05, 0.1) is 12.1 Å². The molecular weight excluding hydrogens is 240 g/mol. The molecule has 0 saturated carbocycles. The molecule has 3 nitrogen and oxygen atoms in total. The van der Waals surface area contributed by atoms with E-state index in [1.54, 1.807) is 11.3 Å². The summed E-state index contributed by atoms with van der Waals surface area (Å²) in [7, 11) is 2.12. The van der Waals surface area contributed by atoms with E-state index in [0.717, 1.165) is 30.9 Å². The van der Waals surface area contributed by atoms with Gasteiger partial charge in [0.15, 0.2) is 0 Å². The minimum atomic E-state index is -0.00472. The Kier molecular flexibility index (Phi) is 4.24. The van der Waals surface area contributed by atoms with Gasteiger partial charge in [0.2, 0.25) is 0 Å². The van der Waals surface area contributed by atoms with Crippen LogP contribution in [0.5, 0.6) is 0 Å². The Balaban J connectivity index is 2.02. The Bertz CT molecular complexity index is 310. The van der Waals surface area contributed by atoms with Gasteiger partial charge in [-0.05, 0) is 31.4 Å². The lowest BCUT2D eigenvalue weighted by Crippen LogP contribution is -2.51. The van der Waals surface area contributed by atoms with E-state index in [2.05, 4.69) is 16.9 Å². The molecule has 0 atom stereocenters. The van der Waals surface area contributed by atoms with Gasteiger partial charge in [-0.1, -0.05) is 0 Å². The fourth-order valence-corrected chi connectivity index (χ4v) is 4.03. The highest BCUT2D eigenvalue weighted by molar-refractivity contribution is 7.99. The second-order valence-electron chi connectivity index (χ2n) is 4.32. The minimum absolute atomic E-state index is 0.00472. The summed E-state index contributed by atoms with van der Waals surface area (Å²) in [6.45, 7) is 1.17. The molecule has 1 fully saturated rings. The van der Waals surface area contributed by atoms with Crippen LogP contribution in [0, 0.1) is 0 Å². The van der Waals surface area contributed by atoms with Crippen LogP contribution in [-0.2, 0) is 6.54 Å². The first-order valence-corrected chi connectivity index (χ1v) is 7.57. The molecule has 0 spiro atoms. The molecule has 1 aromatic rings. The predicted molar refractivity (Wildman–Crippen MR) is 70.0 cm³/mol. The highest BCUT2D eigenvalue weighted by Gasteiger charge is 2.35. The molecule has 0 radical (unpaired) electrons. The minimum Gasteiger partial charge on any atom is -0.394 e.